The maximum absolute atomic E-state index is 5.54. The van der Waals surface area contributed by atoms with Crippen molar-refractivity contribution in [1.82, 2.24) is 19.7 Å². The molecule has 0 bridgehead atoms. The van der Waals surface area contributed by atoms with Gasteiger partial charge in [-0.15, -0.1) is 0 Å². The lowest BCUT2D eigenvalue weighted by molar-refractivity contribution is 0.524. The number of nitrogens with one attached hydrogen (secondary N) is 1. The SMILES string of the molecule is CCCn1c(-c2oc(C)nc2C)n[nH]c1=S. The second-order valence-electron chi connectivity index (χ2n) is 3.65. The average molecular weight is 238 g/mol. The summed E-state index contributed by atoms with van der Waals surface area (Å²) >= 11 is 5.17. The number of aromatic amines is 1. The van der Waals surface area contributed by atoms with E-state index in [1.165, 1.54) is 0 Å². The van der Waals surface area contributed by atoms with Gasteiger partial charge in [0.2, 0.25) is 0 Å². The molecule has 0 amide bonds. The summed E-state index contributed by atoms with van der Waals surface area (Å²) in [7, 11) is 0. The highest BCUT2D eigenvalue weighted by Crippen LogP contribution is 2.22. The molecule has 0 aliphatic carbocycles. The second-order valence-corrected chi connectivity index (χ2v) is 4.04. The Morgan fingerprint density at radius 3 is 2.75 bits per heavy atom. The molecule has 16 heavy (non-hydrogen) atoms. The molecule has 86 valence electrons. The van der Waals surface area contributed by atoms with E-state index in [-0.39, 0.29) is 0 Å². The van der Waals surface area contributed by atoms with Gasteiger partial charge < -0.3 is 4.42 Å². The Bertz CT molecular complexity index is 551. The molecule has 0 radical (unpaired) electrons. The summed E-state index contributed by atoms with van der Waals surface area (Å²) in [5.41, 5.74) is 0.837. The smallest absolute Gasteiger partial charge is 0.200 e. The van der Waals surface area contributed by atoms with Crippen molar-refractivity contribution in [1.29, 1.82) is 0 Å². The summed E-state index contributed by atoms with van der Waals surface area (Å²) in [5, 5.41) is 6.98. The normalized spacial score (nSPS) is 10.9. The van der Waals surface area contributed by atoms with E-state index >= 15 is 0 Å². The van der Waals surface area contributed by atoms with Crippen molar-refractivity contribution in [2.24, 2.45) is 0 Å². The van der Waals surface area contributed by atoms with E-state index in [1.807, 2.05) is 18.4 Å². The summed E-state index contributed by atoms with van der Waals surface area (Å²) in [6, 6.07) is 0. The molecule has 5 nitrogen and oxygen atoms in total. The highest BCUT2D eigenvalue weighted by molar-refractivity contribution is 7.71. The van der Waals surface area contributed by atoms with Gasteiger partial charge in [-0.25, -0.2) is 4.98 Å². The van der Waals surface area contributed by atoms with Crippen LogP contribution >= 0.6 is 12.2 Å². The minimum Gasteiger partial charge on any atom is -0.437 e. The van der Waals surface area contributed by atoms with E-state index in [9.17, 15) is 0 Å². The molecule has 6 heteroatoms. The fourth-order valence-corrected chi connectivity index (χ4v) is 1.88. The molecule has 2 rings (SSSR count). The van der Waals surface area contributed by atoms with Crippen LogP contribution in [-0.2, 0) is 6.54 Å². The largest absolute Gasteiger partial charge is 0.437 e. The molecule has 0 unspecified atom stereocenters. The molecule has 1 N–H and O–H groups in total. The Balaban J connectivity index is 2.55. The molecule has 2 heterocycles. The molecule has 0 atom stereocenters. The van der Waals surface area contributed by atoms with Crippen LogP contribution in [0.2, 0.25) is 0 Å². The summed E-state index contributed by atoms with van der Waals surface area (Å²) in [5.74, 6) is 2.06. The van der Waals surface area contributed by atoms with Crippen molar-refractivity contribution in [3.63, 3.8) is 0 Å². The first-order valence-corrected chi connectivity index (χ1v) is 5.64. The van der Waals surface area contributed by atoms with Crippen molar-refractivity contribution in [3.05, 3.63) is 16.4 Å². The zero-order valence-electron chi connectivity index (χ0n) is 9.57. The van der Waals surface area contributed by atoms with Crippen LogP contribution in [0.15, 0.2) is 4.42 Å². The average Bonchev–Trinajstić information content (AvgIpc) is 2.73. The van der Waals surface area contributed by atoms with Gasteiger partial charge in [-0.05, 0) is 25.6 Å². The highest BCUT2D eigenvalue weighted by Gasteiger charge is 2.16. The van der Waals surface area contributed by atoms with Crippen molar-refractivity contribution < 1.29 is 4.42 Å². The van der Waals surface area contributed by atoms with E-state index < -0.39 is 0 Å². The first-order valence-electron chi connectivity index (χ1n) is 5.23. The van der Waals surface area contributed by atoms with Crippen LogP contribution in [-0.4, -0.2) is 19.7 Å². The number of rotatable bonds is 3. The third-order valence-corrected chi connectivity index (χ3v) is 2.62. The maximum Gasteiger partial charge on any atom is 0.200 e. The molecular weight excluding hydrogens is 224 g/mol. The topological polar surface area (TPSA) is 59.6 Å². The van der Waals surface area contributed by atoms with Gasteiger partial charge in [0.1, 0.15) is 0 Å². The van der Waals surface area contributed by atoms with Crippen LogP contribution in [0.1, 0.15) is 24.9 Å². The third-order valence-electron chi connectivity index (χ3n) is 2.31. The van der Waals surface area contributed by atoms with Crippen molar-refractivity contribution in [2.45, 2.75) is 33.7 Å². The van der Waals surface area contributed by atoms with Crippen molar-refractivity contribution >= 4 is 12.2 Å². The molecule has 0 aliphatic rings. The monoisotopic (exact) mass is 238 g/mol. The first-order chi connectivity index (χ1) is 7.63. The van der Waals surface area contributed by atoms with E-state index in [2.05, 4.69) is 22.1 Å². The van der Waals surface area contributed by atoms with Crippen molar-refractivity contribution in [2.75, 3.05) is 0 Å². The van der Waals surface area contributed by atoms with Crippen LogP contribution in [0.4, 0.5) is 0 Å². The Kier molecular flexibility index (Phi) is 2.91. The van der Waals surface area contributed by atoms with Crippen LogP contribution < -0.4 is 0 Å². The lowest BCUT2D eigenvalue weighted by Crippen LogP contribution is -2.00. The second kappa shape index (κ2) is 4.21. The zero-order chi connectivity index (χ0) is 11.7. The number of oxazole rings is 1. The first kappa shape index (κ1) is 11.1. The third kappa shape index (κ3) is 1.80. The van der Waals surface area contributed by atoms with Crippen LogP contribution in [0.5, 0.6) is 0 Å². The lowest BCUT2D eigenvalue weighted by Gasteiger charge is -2.02. The Morgan fingerprint density at radius 2 is 2.19 bits per heavy atom. The van der Waals surface area contributed by atoms with Crippen LogP contribution in [0, 0.1) is 18.6 Å². The van der Waals surface area contributed by atoms with Gasteiger partial charge in [-0.3, -0.25) is 9.67 Å². The summed E-state index contributed by atoms with van der Waals surface area (Å²) in [6.45, 7) is 6.64. The number of hydrogen-bond acceptors (Lipinski definition) is 4. The van der Waals surface area contributed by atoms with Crippen LogP contribution in [0.3, 0.4) is 0 Å². The number of aromatic nitrogens is 4. The molecule has 0 spiro atoms. The van der Waals surface area contributed by atoms with Gasteiger partial charge in [0.05, 0.1) is 5.69 Å². The zero-order valence-corrected chi connectivity index (χ0v) is 10.4. The number of hydrogen-bond donors (Lipinski definition) is 1. The summed E-state index contributed by atoms with van der Waals surface area (Å²) in [6.07, 6.45) is 0.993. The molecular formula is C10H14N4OS. The molecule has 0 saturated carbocycles. The van der Waals surface area contributed by atoms with Gasteiger partial charge in [0, 0.05) is 13.5 Å². The van der Waals surface area contributed by atoms with Crippen molar-refractivity contribution in [3.8, 4) is 11.6 Å². The quantitative estimate of drug-likeness (QED) is 0.835. The Labute approximate surface area is 98.5 Å². The predicted octanol–water partition coefficient (Wildman–Crippen LogP) is 2.62. The van der Waals surface area contributed by atoms with Gasteiger partial charge in [0.15, 0.2) is 22.2 Å². The predicted molar refractivity (Wildman–Crippen MR) is 62.7 cm³/mol. The fraction of sp³-hybridized carbons (Fsp3) is 0.500. The minimum absolute atomic E-state index is 0.616. The molecule has 2 aromatic heterocycles. The summed E-state index contributed by atoms with van der Waals surface area (Å²) in [4.78, 5) is 4.23. The van der Waals surface area contributed by atoms with E-state index in [0.29, 0.717) is 16.4 Å². The van der Waals surface area contributed by atoms with Gasteiger partial charge in [0.25, 0.3) is 0 Å². The number of H-pyrrole nitrogens is 1. The number of aryl methyl sites for hydroxylation is 2. The van der Waals surface area contributed by atoms with Gasteiger partial charge in [-0.2, -0.15) is 5.10 Å². The van der Waals surface area contributed by atoms with E-state index in [1.54, 1.807) is 0 Å². The summed E-state index contributed by atoms with van der Waals surface area (Å²) < 4.78 is 8.09. The molecule has 0 aromatic carbocycles. The molecule has 0 aliphatic heterocycles. The highest BCUT2D eigenvalue weighted by atomic mass is 32.1. The Morgan fingerprint density at radius 1 is 1.44 bits per heavy atom. The van der Waals surface area contributed by atoms with E-state index in [0.717, 1.165) is 24.5 Å². The molecule has 0 saturated heterocycles. The number of nitrogens with zero attached hydrogens (tertiary/aromatic N) is 3. The van der Waals surface area contributed by atoms with Crippen LogP contribution in [0.25, 0.3) is 11.6 Å². The Hall–Kier alpha value is -1.43. The maximum atomic E-state index is 5.54. The molecule has 2 aromatic rings. The standard InChI is InChI=1S/C10H14N4OS/c1-4-5-14-9(12-13-10(14)16)8-6(2)11-7(3)15-8/h4-5H2,1-3H3,(H,13,16). The molecule has 0 fully saturated rings. The van der Waals surface area contributed by atoms with Gasteiger partial charge >= 0.3 is 0 Å². The van der Waals surface area contributed by atoms with Gasteiger partial charge in [-0.1, -0.05) is 6.92 Å². The lowest BCUT2D eigenvalue weighted by atomic mass is 10.3. The fourth-order valence-electron chi connectivity index (χ4n) is 1.66. The van der Waals surface area contributed by atoms with E-state index in [4.69, 9.17) is 16.6 Å². The minimum atomic E-state index is 0.616.